The Morgan fingerprint density at radius 3 is 2.62 bits per heavy atom. The number of anilines is 1. The van der Waals surface area contributed by atoms with Crippen LogP contribution in [0, 0.1) is 0 Å². The van der Waals surface area contributed by atoms with Crippen molar-refractivity contribution in [2.24, 2.45) is 0 Å². The Kier molecular flexibility index (Phi) is 6.50. The highest BCUT2D eigenvalue weighted by Gasteiger charge is 2.25. The highest BCUT2D eigenvalue weighted by molar-refractivity contribution is 7.91. The molecule has 0 unspecified atom stereocenters. The van der Waals surface area contributed by atoms with Gasteiger partial charge >= 0.3 is 0 Å². The molecule has 0 aliphatic heterocycles. The molecule has 32 heavy (non-hydrogen) atoms. The number of furan rings is 1. The Bertz CT molecular complexity index is 1340. The third-order valence-corrected chi connectivity index (χ3v) is 8.05. The van der Waals surface area contributed by atoms with Gasteiger partial charge in [0.15, 0.2) is 15.0 Å². The van der Waals surface area contributed by atoms with Crippen LogP contribution in [0.5, 0.6) is 5.75 Å². The van der Waals surface area contributed by atoms with E-state index >= 15 is 0 Å². The number of fused-ring (bicyclic) bond motifs is 1. The van der Waals surface area contributed by atoms with E-state index in [2.05, 4.69) is 4.98 Å². The van der Waals surface area contributed by atoms with Crippen LogP contribution in [-0.4, -0.2) is 32.2 Å². The van der Waals surface area contributed by atoms with E-state index in [1.54, 1.807) is 42.5 Å². The minimum atomic E-state index is -3.60. The van der Waals surface area contributed by atoms with Crippen molar-refractivity contribution in [3.8, 4) is 5.75 Å². The van der Waals surface area contributed by atoms with Crippen molar-refractivity contribution in [2.45, 2.75) is 17.9 Å². The molecule has 10 heteroatoms. The molecule has 7 nitrogen and oxygen atoms in total. The highest BCUT2D eigenvalue weighted by atomic mass is 35.5. The average Bonchev–Trinajstić information content (AvgIpc) is 3.47. The molecule has 166 valence electrons. The predicted octanol–water partition coefficient (Wildman–Crippen LogP) is 4.95. The number of carbonyl (C=O) groups excluding carboxylic acids is 1. The summed E-state index contributed by atoms with van der Waals surface area (Å²) < 4.78 is 36.7. The minimum absolute atomic E-state index is 0.108. The maximum absolute atomic E-state index is 13.2. The molecular weight excluding hydrogens is 472 g/mol. The second kappa shape index (κ2) is 9.32. The lowest BCUT2D eigenvalue weighted by Crippen LogP contribution is -2.31. The SMILES string of the molecule is COc1ccc(Cl)c2sc(N(Cc3ccco3)C(=O)CCS(=O)(=O)c3ccccc3)nc12. The fourth-order valence-corrected chi connectivity index (χ4v) is 5.67. The molecular formula is C22H19ClN2O5S2. The van der Waals surface area contributed by atoms with Crippen molar-refractivity contribution in [3.63, 3.8) is 0 Å². The third-order valence-electron chi connectivity index (χ3n) is 4.78. The van der Waals surface area contributed by atoms with E-state index in [9.17, 15) is 13.2 Å². The number of benzene rings is 2. The lowest BCUT2D eigenvalue weighted by atomic mass is 10.3. The molecule has 0 spiro atoms. The molecule has 4 rings (SSSR count). The number of methoxy groups -OCH3 is 1. The fraction of sp³-hybridized carbons (Fsp3) is 0.182. The quantitative estimate of drug-likeness (QED) is 0.347. The van der Waals surface area contributed by atoms with Gasteiger partial charge in [-0.25, -0.2) is 13.4 Å². The Labute approximate surface area is 194 Å². The minimum Gasteiger partial charge on any atom is -0.494 e. The first-order valence-corrected chi connectivity index (χ1v) is 12.5. The summed E-state index contributed by atoms with van der Waals surface area (Å²) in [5, 5.41) is 0.867. The van der Waals surface area contributed by atoms with Crippen LogP contribution in [0.2, 0.25) is 5.02 Å². The van der Waals surface area contributed by atoms with E-state index in [0.717, 1.165) is 0 Å². The summed E-state index contributed by atoms with van der Waals surface area (Å²) in [5.41, 5.74) is 0.536. The van der Waals surface area contributed by atoms with Gasteiger partial charge in [-0.2, -0.15) is 0 Å². The van der Waals surface area contributed by atoms with Crippen LogP contribution in [-0.2, 0) is 21.2 Å². The van der Waals surface area contributed by atoms with Crippen LogP contribution >= 0.6 is 22.9 Å². The summed E-state index contributed by atoms with van der Waals surface area (Å²) in [5.74, 6) is 0.361. The Morgan fingerprint density at radius 1 is 1.16 bits per heavy atom. The lowest BCUT2D eigenvalue weighted by Gasteiger charge is -2.18. The van der Waals surface area contributed by atoms with Gasteiger partial charge < -0.3 is 9.15 Å². The first-order chi connectivity index (χ1) is 15.4. The van der Waals surface area contributed by atoms with Gasteiger partial charge in [0, 0.05) is 6.42 Å². The fourth-order valence-electron chi connectivity index (χ4n) is 3.14. The van der Waals surface area contributed by atoms with Crippen molar-refractivity contribution in [3.05, 3.63) is 71.6 Å². The number of hydrogen-bond donors (Lipinski definition) is 0. The van der Waals surface area contributed by atoms with E-state index in [1.807, 2.05) is 0 Å². The van der Waals surface area contributed by atoms with Crippen molar-refractivity contribution >= 4 is 54.0 Å². The maximum atomic E-state index is 13.2. The number of rotatable bonds is 8. The molecule has 0 atom stereocenters. The number of halogens is 1. The zero-order valence-corrected chi connectivity index (χ0v) is 19.4. The second-order valence-electron chi connectivity index (χ2n) is 6.86. The van der Waals surface area contributed by atoms with Crippen molar-refractivity contribution in [1.82, 2.24) is 4.98 Å². The summed E-state index contributed by atoms with van der Waals surface area (Å²) in [6, 6.07) is 14.9. The van der Waals surface area contributed by atoms with Gasteiger partial charge in [-0.1, -0.05) is 41.1 Å². The zero-order valence-electron chi connectivity index (χ0n) is 17.0. The molecule has 0 saturated heterocycles. The molecule has 0 N–H and O–H groups in total. The van der Waals surface area contributed by atoms with Gasteiger partial charge in [0.25, 0.3) is 0 Å². The second-order valence-corrected chi connectivity index (χ2v) is 10.4. The largest absolute Gasteiger partial charge is 0.494 e. The third kappa shape index (κ3) is 4.64. The summed E-state index contributed by atoms with van der Waals surface area (Å²) in [7, 11) is -2.07. The van der Waals surface area contributed by atoms with Crippen molar-refractivity contribution in [2.75, 3.05) is 17.8 Å². The van der Waals surface area contributed by atoms with Crippen LogP contribution in [0.3, 0.4) is 0 Å². The predicted molar refractivity (Wildman–Crippen MR) is 124 cm³/mol. The number of sulfone groups is 1. The van der Waals surface area contributed by atoms with Gasteiger partial charge in [0.05, 0.1) is 40.3 Å². The number of hydrogen-bond acceptors (Lipinski definition) is 7. The molecule has 0 fully saturated rings. The van der Waals surface area contributed by atoms with Crippen LogP contribution < -0.4 is 9.64 Å². The number of aromatic nitrogens is 1. The summed E-state index contributed by atoms with van der Waals surface area (Å²) in [4.78, 5) is 19.4. The van der Waals surface area contributed by atoms with Gasteiger partial charge in [0.1, 0.15) is 17.0 Å². The van der Waals surface area contributed by atoms with Crippen molar-refractivity contribution < 1.29 is 22.4 Å². The molecule has 4 aromatic rings. The van der Waals surface area contributed by atoms with Crippen molar-refractivity contribution in [1.29, 1.82) is 0 Å². The molecule has 0 aliphatic rings. The van der Waals surface area contributed by atoms with E-state index in [0.29, 0.717) is 31.9 Å². The smallest absolute Gasteiger partial charge is 0.230 e. The van der Waals surface area contributed by atoms with Crippen LogP contribution in [0.1, 0.15) is 12.2 Å². The van der Waals surface area contributed by atoms with E-state index in [-0.39, 0.29) is 23.6 Å². The van der Waals surface area contributed by atoms with E-state index < -0.39 is 15.7 Å². The monoisotopic (exact) mass is 490 g/mol. The van der Waals surface area contributed by atoms with Crippen LogP contribution in [0.4, 0.5) is 5.13 Å². The number of thiazole rings is 1. The van der Waals surface area contributed by atoms with E-state index in [1.165, 1.54) is 41.7 Å². The number of amides is 1. The molecule has 0 radical (unpaired) electrons. The Balaban J connectivity index is 1.65. The van der Waals surface area contributed by atoms with Gasteiger partial charge in [0.2, 0.25) is 5.91 Å². The van der Waals surface area contributed by atoms with E-state index in [4.69, 9.17) is 20.8 Å². The number of ether oxygens (including phenoxy) is 1. The Hall–Kier alpha value is -2.88. The molecule has 0 saturated carbocycles. The Morgan fingerprint density at radius 2 is 1.94 bits per heavy atom. The molecule has 2 aromatic carbocycles. The lowest BCUT2D eigenvalue weighted by molar-refractivity contribution is -0.118. The van der Waals surface area contributed by atoms with Gasteiger partial charge in [-0.05, 0) is 36.4 Å². The standard InChI is InChI=1S/C22H19ClN2O5S2/c1-29-18-10-9-17(23)21-20(18)24-22(31-21)25(14-15-6-5-12-30-15)19(26)11-13-32(27,28)16-7-3-2-4-8-16/h2-10,12H,11,13-14H2,1H3. The summed E-state index contributed by atoms with van der Waals surface area (Å²) >= 11 is 7.56. The molecule has 2 heterocycles. The normalized spacial score (nSPS) is 11.6. The first-order valence-electron chi connectivity index (χ1n) is 9.62. The summed E-state index contributed by atoms with van der Waals surface area (Å²) in [6.07, 6.45) is 1.30. The number of nitrogens with zero attached hydrogens (tertiary/aromatic N) is 2. The van der Waals surface area contributed by atoms with Crippen LogP contribution in [0.25, 0.3) is 10.2 Å². The van der Waals surface area contributed by atoms with Crippen LogP contribution in [0.15, 0.2) is 70.2 Å². The number of carbonyl (C=O) groups is 1. The molecule has 0 aliphatic carbocycles. The molecule has 2 aromatic heterocycles. The van der Waals surface area contributed by atoms with Gasteiger partial charge in [-0.15, -0.1) is 0 Å². The first kappa shape index (κ1) is 22.3. The zero-order chi connectivity index (χ0) is 22.7. The summed E-state index contributed by atoms with van der Waals surface area (Å²) in [6.45, 7) is 0.108. The highest BCUT2D eigenvalue weighted by Crippen LogP contribution is 2.39. The average molecular weight is 491 g/mol. The maximum Gasteiger partial charge on any atom is 0.230 e. The topological polar surface area (TPSA) is 89.7 Å². The van der Waals surface area contributed by atoms with Gasteiger partial charge in [-0.3, -0.25) is 9.69 Å². The molecule has 0 bridgehead atoms. The molecule has 1 amide bonds.